The molecule has 2 aromatic carbocycles. The topological polar surface area (TPSA) is 98.1 Å². The fraction of sp³-hybridized carbons (Fsp3) is 0.238. The van der Waals surface area contributed by atoms with Gasteiger partial charge < -0.3 is 19.9 Å². The normalized spacial score (nSPS) is 10.6. The Kier molecular flexibility index (Phi) is 8.38. The number of carbonyl (C=O) groups is 2. The van der Waals surface area contributed by atoms with E-state index in [9.17, 15) is 9.59 Å². The van der Waals surface area contributed by atoms with E-state index in [-0.39, 0.29) is 29.0 Å². The van der Waals surface area contributed by atoms with Crippen LogP contribution in [-0.4, -0.2) is 39.4 Å². The highest BCUT2D eigenvalue weighted by Crippen LogP contribution is 2.29. The zero-order chi connectivity index (χ0) is 23.1. The number of halogens is 2. The summed E-state index contributed by atoms with van der Waals surface area (Å²) in [6.45, 7) is 2.48. The monoisotopic (exact) mass is 493 g/mol. The minimum atomic E-state index is -0.261. The third-order valence-corrected chi connectivity index (χ3v) is 6.15. The molecule has 0 aliphatic carbocycles. The number of ether oxygens (including phenoxy) is 1. The van der Waals surface area contributed by atoms with E-state index in [1.54, 1.807) is 54.1 Å². The van der Waals surface area contributed by atoms with E-state index in [1.165, 1.54) is 11.8 Å². The summed E-state index contributed by atoms with van der Waals surface area (Å²) in [4.78, 5) is 24.7. The van der Waals surface area contributed by atoms with Crippen molar-refractivity contribution in [3.63, 3.8) is 0 Å². The number of hydrogen-bond donors (Lipinski definition) is 2. The van der Waals surface area contributed by atoms with Crippen molar-refractivity contribution in [1.29, 1.82) is 0 Å². The first-order chi connectivity index (χ1) is 15.4. The molecule has 2 amide bonds. The summed E-state index contributed by atoms with van der Waals surface area (Å²) in [6, 6.07) is 12.1. The highest BCUT2D eigenvalue weighted by atomic mass is 35.5. The summed E-state index contributed by atoms with van der Waals surface area (Å²) < 4.78 is 6.91. The number of rotatable bonds is 9. The van der Waals surface area contributed by atoms with E-state index < -0.39 is 0 Å². The predicted octanol–water partition coefficient (Wildman–Crippen LogP) is 4.53. The molecule has 0 radical (unpaired) electrons. The fourth-order valence-corrected chi connectivity index (χ4v) is 3.98. The van der Waals surface area contributed by atoms with Gasteiger partial charge in [0.25, 0.3) is 0 Å². The molecule has 0 spiro atoms. The summed E-state index contributed by atoms with van der Waals surface area (Å²) in [5, 5.41) is 15.0. The van der Waals surface area contributed by atoms with Crippen molar-refractivity contribution in [3.8, 4) is 5.75 Å². The van der Waals surface area contributed by atoms with Crippen molar-refractivity contribution in [3.05, 3.63) is 58.3 Å². The van der Waals surface area contributed by atoms with E-state index in [0.29, 0.717) is 39.7 Å². The van der Waals surface area contributed by atoms with Crippen LogP contribution in [0.3, 0.4) is 0 Å². The van der Waals surface area contributed by atoms with Crippen LogP contribution in [0.1, 0.15) is 12.7 Å². The first kappa shape index (κ1) is 23.9. The summed E-state index contributed by atoms with van der Waals surface area (Å²) in [5.74, 6) is 0.834. The Morgan fingerprint density at radius 1 is 1.06 bits per heavy atom. The molecule has 0 aliphatic rings. The van der Waals surface area contributed by atoms with Gasteiger partial charge in [-0.15, -0.1) is 10.2 Å². The van der Waals surface area contributed by atoms with Crippen LogP contribution in [0.4, 0.5) is 11.4 Å². The first-order valence-electron chi connectivity index (χ1n) is 9.64. The van der Waals surface area contributed by atoms with E-state index in [4.69, 9.17) is 27.9 Å². The highest BCUT2D eigenvalue weighted by molar-refractivity contribution is 7.99. The molecule has 0 saturated carbocycles. The lowest BCUT2D eigenvalue weighted by Crippen LogP contribution is -2.18. The van der Waals surface area contributed by atoms with Crippen molar-refractivity contribution < 1.29 is 14.3 Å². The number of aromatic nitrogens is 3. The second kappa shape index (κ2) is 11.2. The molecular formula is C21H21Cl2N5O3S. The van der Waals surface area contributed by atoms with Gasteiger partial charge in [0.15, 0.2) is 5.16 Å². The van der Waals surface area contributed by atoms with Gasteiger partial charge >= 0.3 is 0 Å². The number of methoxy groups -OCH3 is 1. The average molecular weight is 494 g/mol. The molecule has 0 unspecified atom stereocenters. The van der Waals surface area contributed by atoms with Gasteiger partial charge in [0.1, 0.15) is 11.6 Å². The number of nitrogens with zero attached hydrogens (tertiary/aromatic N) is 3. The van der Waals surface area contributed by atoms with Crippen LogP contribution in [0.5, 0.6) is 5.75 Å². The third kappa shape index (κ3) is 6.15. The molecule has 0 bridgehead atoms. The molecule has 11 heteroatoms. The Morgan fingerprint density at radius 3 is 2.50 bits per heavy atom. The lowest BCUT2D eigenvalue weighted by Gasteiger charge is -2.09. The Bertz CT molecular complexity index is 1110. The molecular weight excluding hydrogens is 473 g/mol. The van der Waals surface area contributed by atoms with E-state index >= 15 is 0 Å². The van der Waals surface area contributed by atoms with Crippen LogP contribution in [-0.2, 0) is 22.6 Å². The molecule has 32 heavy (non-hydrogen) atoms. The summed E-state index contributed by atoms with van der Waals surface area (Å²) in [5.41, 5.74) is 1.10. The molecule has 0 fully saturated rings. The second-order valence-electron chi connectivity index (χ2n) is 6.53. The van der Waals surface area contributed by atoms with E-state index in [1.807, 2.05) is 6.92 Å². The lowest BCUT2D eigenvalue weighted by atomic mass is 10.3. The Morgan fingerprint density at radius 2 is 1.81 bits per heavy atom. The van der Waals surface area contributed by atoms with Crippen molar-refractivity contribution in [2.45, 2.75) is 25.0 Å². The van der Waals surface area contributed by atoms with Gasteiger partial charge in [0.05, 0.1) is 35.0 Å². The largest absolute Gasteiger partial charge is 0.497 e. The summed E-state index contributed by atoms with van der Waals surface area (Å²) in [7, 11) is 1.58. The van der Waals surface area contributed by atoms with Crippen LogP contribution < -0.4 is 15.4 Å². The smallest absolute Gasteiger partial charge is 0.234 e. The van der Waals surface area contributed by atoms with Crippen LogP contribution >= 0.6 is 35.0 Å². The molecule has 1 heterocycles. The maximum atomic E-state index is 12.4. The van der Waals surface area contributed by atoms with Gasteiger partial charge in [0, 0.05) is 12.2 Å². The number of amides is 2. The third-order valence-electron chi connectivity index (χ3n) is 4.36. The number of hydrogen-bond acceptors (Lipinski definition) is 6. The van der Waals surface area contributed by atoms with Gasteiger partial charge in [-0.1, -0.05) is 41.0 Å². The molecule has 0 aliphatic heterocycles. The van der Waals surface area contributed by atoms with Crippen LogP contribution in [0, 0.1) is 0 Å². The minimum Gasteiger partial charge on any atom is -0.497 e. The molecule has 1 aromatic heterocycles. The minimum absolute atomic E-state index is 0.0533. The second-order valence-corrected chi connectivity index (χ2v) is 8.26. The molecule has 168 valence electrons. The van der Waals surface area contributed by atoms with Gasteiger partial charge in [-0.25, -0.2) is 0 Å². The maximum Gasteiger partial charge on any atom is 0.234 e. The van der Waals surface area contributed by atoms with Crippen molar-refractivity contribution in [2.75, 3.05) is 23.5 Å². The van der Waals surface area contributed by atoms with Crippen LogP contribution in [0.15, 0.2) is 47.6 Å². The number of anilines is 2. The van der Waals surface area contributed by atoms with Gasteiger partial charge in [-0.3, -0.25) is 9.59 Å². The van der Waals surface area contributed by atoms with Gasteiger partial charge in [-0.2, -0.15) is 0 Å². The SMILES string of the molecule is CCn1c(CC(=O)Nc2ccc(OC)cc2)nnc1SCC(=O)Nc1cccc(Cl)c1Cl. The number of benzene rings is 2. The number of thioether (sulfide) groups is 1. The van der Waals surface area contributed by atoms with Gasteiger partial charge in [-0.05, 0) is 43.3 Å². The quantitative estimate of drug-likeness (QED) is 0.425. The molecule has 0 saturated heterocycles. The average Bonchev–Trinajstić information content (AvgIpc) is 3.17. The van der Waals surface area contributed by atoms with Gasteiger partial charge in [0.2, 0.25) is 11.8 Å². The lowest BCUT2D eigenvalue weighted by molar-refractivity contribution is -0.116. The maximum absolute atomic E-state index is 12.4. The summed E-state index contributed by atoms with van der Waals surface area (Å²) in [6.07, 6.45) is 0.0533. The predicted molar refractivity (Wildman–Crippen MR) is 127 cm³/mol. The Balaban J connectivity index is 1.58. The molecule has 2 N–H and O–H groups in total. The zero-order valence-electron chi connectivity index (χ0n) is 17.4. The molecule has 3 rings (SSSR count). The van der Waals surface area contributed by atoms with Crippen LogP contribution in [0.2, 0.25) is 10.0 Å². The number of nitrogens with one attached hydrogen (secondary N) is 2. The van der Waals surface area contributed by atoms with Crippen molar-refractivity contribution >= 4 is 58.2 Å². The van der Waals surface area contributed by atoms with Crippen molar-refractivity contribution in [2.24, 2.45) is 0 Å². The van der Waals surface area contributed by atoms with E-state index in [0.717, 1.165) is 0 Å². The molecule has 8 nitrogen and oxygen atoms in total. The fourth-order valence-electron chi connectivity index (χ4n) is 2.81. The molecule has 3 aromatic rings. The molecule has 0 atom stereocenters. The highest BCUT2D eigenvalue weighted by Gasteiger charge is 2.17. The van der Waals surface area contributed by atoms with Crippen LogP contribution in [0.25, 0.3) is 0 Å². The van der Waals surface area contributed by atoms with Crippen molar-refractivity contribution in [1.82, 2.24) is 14.8 Å². The Labute approximate surface area is 199 Å². The summed E-state index contributed by atoms with van der Waals surface area (Å²) >= 11 is 13.3. The standard InChI is InChI=1S/C21H21Cl2N5O3S/c1-3-28-17(11-18(29)24-13-7-9-14(31-2)10-8-13)26-27-21(28)32-12-19(30)25-16-6-4-5-15(22)20(16)23/h4-10H,3,11-12H2,1-2H3,(H,24,29)(H,25,30). The zero-order valence-corrected chi connectivity index (χ0v) is 19.7. The van der Waals surface area contributed by atoms with E-state index in [2.05, 4.69) is 20.8 Å². The first-order valence-corrected chi connectivity index (χ1v) is 11.4. The Hall–Kier alpha value is -2.75. The number of carbonyl (C=O) groups excluding carboxylic acids is 2.